The van der Waals surface area contributed by atoms with Crippen LogP contribution in [0.1, 0.15) is 19.3 Å². The van der Waals surface area contributed by atoms with E-state index in [9.17, 15) is 14.9 Å². The normalized spacial score (nSPS) is 11.9. The Morgan fingerprint density at radius 2 is 1.95 bits per heavy atom. The van der Waals surface area contributed by atoms with E-state index in [2.05, 4.69) is 0 Å². The molecule has 0 bridgehead atoms. The lowest BCUT2D eigenvalue weighted by atomic mass is 10.1. The zero-order valence-electron chi connectivity index (χ0n) is 10.5. The van der Waals surface area contributed by atoms with Gasteiger partial charge in [0.2, 0.25) is 0 Å². The van der Waals surface area contributed by atoms with E-state index in [0.717, 1.165) is 12.8 Å². The van der Waals surface area contributed by atoms with Crippen molar-refractivity contribution >= 4 is 11.7 Å². The van der Waals surface area contributed by atoms with Crippen molar-refractivity contribution in [2.24, 2.45) is 11.5 Å². The third kappa shape index (κ3) is 5.02. The van der Waals surface area contributed by atoms with Crippen molar-refractivity contribution in [1.82, 2.24) is 0 Å². The Morgan fingerprint density at radius 1 is 1.32 bits per heavy atom. The number of unbranched alkanes of at least 4 members (excludes halogenated alkanes) is 1. The molecule has 0 saturated carbocycles. The molecule has 0 unspecified atom stereocenters. The summed E-state index contributed by atoms with van der Waals surface area (Å²) in [5.74, 6) is -0.309. The summed E-state index contributed by atoms with van der Waals surface area (Å²) < 4.78 is 5.02. The molecule has 19 heavy (non-hydrogen) atoms. The number of ether oxygens (including phenoxy) is 1. The molecule has 0 aromatic heterocycles. The lowest BCUT2D eigenvalue weighted by Crippen LogP contribution is -2.34. The van der Waals surface area contributed by atoms with Gasteiger partial charge in [-0.1, -0.05) is 6.42 Å². The Kier molecular flexibility index (Phi) is 5.91. The summed E-state index contributed by atoms with van der Waals surface area (Å²) in [5.41, 5.74) is 10.9. The number of benzene rings is 1. The molecule has 0 radical (unpaired) electrons. The minimum Gasteiger partial charge on any atom is -0.425 e. The van der Waals surface area contributed by atoms with Gasteiger partial charge in [-0.2, -0.15) is 0 Å². The lowest BCUT2D eigenvalue weighted by Gasteiger charge is -2.10. The van der Waals surface area contributed by atoms with Crippen molar-refractivity contribution in [3.8, 4) is 5.75 Å². The summed E-state index contributed by atoms with van der Waals surface area (Å²) in [5, 5.41) is 10.5. The molecular weight excluding hydrogens is 250 g/mol. The predicted molar refractivity (Wildman–Crippen MR) is 69.6 cm³/mol. The fraction of sp³-hybridized carbons (Fsp3) is 0.417. The fourth-order valence-electron chi connectivity index (χ4n) is 1.45. The average Bonchev–Trinajstić information content (AvgIpc) is 2.39. The van der Waals surface area contributed by atoms with E-state index in [1.807, 2.05) is 0 Å². The number of rotatable bonds is 7. The van der Waals surface area contributed by atoms with Gasteiger partial charge in [-0.25, -0.2) is 4.79 Å². The zero-order valence-corrected chi connectivity index (χ0v) is 10.5. The van der Waals surface area contributed by atoms with Gasteiger partial charge in [0, 0.05) is 12.1 Å². The number of hydrogen-bond donors (Lipinski definition) is 2. The highest BCUT2D eigenvalue weighted by atomic mass is 16.6. The number of nitrogens with two attached hydrogens (primary N) is 2. The van der Waals surface area contributed by atoms with Crippen molar-refractivity contribution < 1.29 is 14.5 Å². The van der Waals surface area contributed by atoms with E-state index < -0.39 is 16.9 Å². The van der Waals surface area contributed by atoms with Gasteiger partial charge in [0.25, 0.3) is 5.69 Å². The maximum Gasteiger partial charge on any atom is 0.328 e. The van der Waals surface area contributed by atoms with Gasteiger partial charge in [-0.3, -0.25) is 10.1 Å². The molecule has 0 aliphatic heterocycles. The Bertz CT molecular complexity index is 433. The van der Waals surface area contributed by atoms with Crippen LogP contribution in [0.25, 0.3) is 0 Å². The Hall–Kier alpha value is -1.99. The largest absolute Gasteiger partial charge is 0.425 e. The fourth-order valence-corrected chi connectivity index (χ4v) is 1.45. The van der Waals surface area contributed by atoms with Gasteiger partial charge in [-0.15, -0.1) is 0 Å². The number of nitro groups is 1. The van der Waals surface area contributed by atoms with Crippen molar-refractivity contribution in [3.05, 3.63) is 34.4 Å². The molecule has 0 aliphatic carbocycles. The smallest absolute Gasteiger partial charge is 0.328 e. The van der Waals surface area contributed by atoms with E-state index in [1.54, 1.807) is 0 Å². The second kappa shape index (κ2) is 7.45. The number of carbonyl (C=O) groups excluding carboxylic acids is 1. The SMILES string of the molecule is NCCCC[C@@H](N)C(=O)Oc1ccc([N+](=O)[O-])cc1. The highest BCUT2D eigenvalue weighted by Gasteiger charge is 2.16. The summed E-state index contributed by atoms with van der Waals surface area (Å²) in [6.07, 6.45) is 2.06. The molecule has 1 atom stereocenters. The van der Waals surface area contributed by atoms with Gasteiger partial charge >= 0.3 is 5.97 Å². The molecule has 1 aromatic rings. The number of carbonyl (C=O) groups is 1. The first-order valence-electron chi connectivity index (χ1n) is 5.96. The molecule has 1 aromatic carbocycles. The van der Waals surface area contributed by atoms with Gasteiger partial charge in [-0.05, 0) is 31.5 Å². The molecule has 0 spiro atoms. The summed E-state index contributed by atoms with van der Waals surface area (Å²) in [6, 6.07) is 4.55. The maximum atomic E-state index is 11.6. The van der Waals surface area contributed by atoms with Crippen LogP contribution in [-0.4, -0.2) is 23.5 Å². The van der Waals surface area contributed by atoms with Crippen LogP contribution in [0.2, 0.25) is 0 Å². The van der Waals surface area contributed by atoms with E-state index in [-0.39, 0.29) is 11.4 Å². The third-order valence-electron chi connectivity index (χ3n) is 2.54. The minimum absolute atomic E-state index is 0.0629. The molecule has 0 fully saturated rings. The van der Waals surface area contributed by atoms with Gasteiger partial charge in [0.1, 0.15) is 11.8 Å². The molecule has 0 heterocycles. The van der Waals surface area contributed by atoms with Crippen LogP contribution in [0.15, 0.2) is 24.3 Å². The van der Waals surface area contributed by atoms with Crippen molar-refractivity contribution in [2.75, 3.05) is 6.54 Å². The van der Waals surface area contributed by atoms with E-state index in [1.165, 1.54) is 24.3 Å². The van der Waals surface area contributed by atoms with Crippen molar-refractivity contribution in [3.63, 3.8) is 0 Å². The summed E-state index contributed by atoms with van der Waals surface area (Å²) in [6.45, 7) is 0.560. The predicted octanol–water partition coefficient (Wildman–Crippen LogP) is 0.957. The Labute approximate surface area is 110 Å². The first-order valence-corrected chi connectivity index (χ1v) is 5.96. The molecule has 1 rings (SSSR count). The van der Waals surface area contributed by atoms with Crippen LogP contribution in [-0.2, 0) is 4.79 Å². The van der Waals surface area contributed by atoms with E-state index in [4.69, 9.17) is 16.2 Å². The molecule has 4 N–H and O–H groups in total. The van der Waals surface area contributed by atoms with Crippen molar-refractivity contribution in [2.45, 2.75) is 25.3 Å². The van der Waals surface area contributed by atoms with Crippen LogP contribution < -0.4 is 16.2 Å². The van der Waals surface area contributed by atoms with E-state index >= 15 is 0 Å². The molecule has 0 aliphatic rings. The molecule has 7 heteroatoms. The number of hydrogen-bond acceptors (Lipinski definition) is 6. The first-order chi connectivity index (χ1) is 9.04. The second-order valence-corrected chi connectivity index (χ2v) is 4.06. The minimum atomic E-state index is -0.707. The highest BCUT2D eigenvalue weighted by molar-refractivity contribution is 5.77. The van der Waals surface area contributed by atoms with Crippen LogP contribution >= 0.6 is 0 Å². The lowest BCUT2D eigenvalue weighted by molar-refractivity contribution is -0.384. The quantitative estimate of drug-likeness (QED) is 0.249. The zero-order chi connectivity index (χ0) is 14.3. The van der Waals surface area contributed by atoms with Gasteiger partial charge in [0.15, 0.2) is 0 Å². The van der Waals surface area contributed by atoms with Crippen LogP contribution in [0, 0.1) is 10.1 Å². The monoisotopic (exact) mass is 267 g/mol. The standard InChI is InChI=1S/C12H17N3O4/c13-8-2-1-3-11(14)12(16)19-10-6-4-9(5-7-10)15(17)18/h4-7,11H,1-3,8,13-14H2/t11-/m1/s1. The first kappa shape index (κ1) is 15.1. The summed E-state index contributed by atoms with van der Waals surface area (Å²) >= 11 is 0. The third-order valence-corrected chi connectivity index (χ3v) is 2.54. The summed E-state index contributed by atoms with van der Waals surface area (Å²) in [4.78, 5) is 21.5. The van der Waals surface area contributed by atoms with Gasteiger partial charge < -0.3 is 16.2 Å². The Morgan fingerprint density at radius 3 is 2.47 bits per heavy atom. The maximum absolute atomic E-state index is 11.6. The summed E-state index contributed by atoms with van der Waals surface area (Å²) in [7, 11) is 0. The van der Waals surface area contributed by atoms with Crippen molar-refractivity contribution in [1.29, 1.82) is 0 Å². The van der Waals surface area contributed by atoms with E-state index in [0.29, 0.717) is 13.0 Å². The van der Waals surface area contributed by atoms with Crippen LogP contribution in [0.4, 0.5) is 5.69 Å². The number of esters is 1. The number of non-ortho nitro benzene ring substituents is 1. The molecule has 104 valence electrons. The molecule has 0 amide bonds. The average molecular weight is 267 g/mol. The Balaban J connectivity index is 2.49. The molecular formula is C12H17N3O4. The highest BCUT2D eigenvalue weighted by Crippen LogP contribution is 2.17. The number of nitro benzene ring substituents is 1. The van der Waals surface area contributed by atoms with Crippen LogP contribution in [0.3, 0.4) is 0 Å². The van der Waals surface area contributed by atoms with Crippen LogP contribution in [0.5, 0.6) is 5.75 Å². The van der Waals surface area contributed by atoms with Gasteiger partial charge in [0.05, 0.1) is 4.92 Å². The molecule has 0 saturated heterocycles. The second-order valence-electron chi connectivity index (χ2n) is 4.06. The number of nitrogens with zero attached hydrogens (tertiary/aromatic N) is 1. The molecule has 7 nitrogen and oxygen atoms in total. The topological polar surface area (TPSA) is 121 Å².